The van der Waals surface area contributed by atoms with E-state index in [-0.39, 0.29) is 0 Å². The van der Waals surface area contributed by atoms with Gasteiger partial charge >= 0.3 is 0 Å². The van der Waals surface area contributed by atoms with Crippen molar-refractivity contribution in [2.24, 2.45) is 11.7 Å². The molecular weight excluding hydrogens is 124 g/mol. The van der Waals surface area contributed by atoms with E-state index in [9.17, 15) is 0 Å². The summed E-state index contributed by atoms with van der Waals surface area (Å²) in [4.78, 5) is 2.54. The molecule has 0 radical (unpaired) electrons. The highest BCUT2D eigenvalue weighted by molar-refractivity contribution is 5.07. The average molecular weight is 140 g/mol. The van der Waals surface area contributed by atoms with Crippen LogP contribution in [0.25, 0.3) is 0 Å². The molecule has 0 aromatic rings. The van der Waals surface area contributed by atoms with E-state index in [1.165, 1.54) is 13.0 Å². The first-order valence-electron chi connectivity index (χ1n) is 4.21. The molecule has 3 atom stereocenters. The lowest BCUT2D eigenvalue weighted by atomic mass is 9.81. The third kappa shape index (κ3) is 0.663. The molecule has 10 heavy (non-hydrogen) atoms. The quantitative estimate of drug-likeness (QED) is 0.572. The molecule has 0 aromatic carbocycles. The van der Waals surface area contributed by atoms with Crippen molar-refractivity contribution in [3.63, 3.8) is 0 Å². The van der Waals surface area contributed by atoms with Gasteiger partial charge in [0.25, 0.3) is 0 Å². The molecule has 1 aliphatic carbocycles. The first-order valence-corrected chi connectivity index (χ1v) is 4.21. The molecule has 58 valence electrons. The lowest BCUT2D eigenvalue weighted by Crippen LogP contribution is -2.50. The molecule has 2 heterocycles. The summed E-state index contributed by atoms with van der Waals surface area (Å²) >= 11 is 0. The number of hydrogen-bond acceptors (Lipinski definition) is 2. The molecule has 3 unspecified atom stereocenters. The van der Waals surface area contributed by atoms with E-state index in [4.69, 9.17) is 5.73 Å². The second-order valence-electron chi connectivity index (χ2n) is 3.93. The second kappa shape index (κ2) is 1.95. The second-order valence-corrected chi connectivity index (χ2v) is 3.93. The van der Waals surface area contributed by atoms with Crippen molar-refractivity contribution in [1.82, 2.24) is 4.90 Å². The van der Waals surface area contributed by atoms with E-state index in [0.717, 1.165) is 12.0 Å². The average Bonchev–Trinajstić information content (AvgIpc) is 2.40. The highest BCUT2D eigenvalue weighted by Gasteiger charge is 2.50. The Hall–Kier alpha value is -0.0800. The van der Waals surface area contributed by atoms with Gasteiger partial charge in [-0.05, 0) is 26.2 Å². The number of nitrogens with zero attached hydrogens (tertiary/aromatic N) is 1. The first kappa shape index (κ1) is 6.62. The van der Waals surface area contributed by atoms with Crippen molar-refractivity contribution in [2.75, 3.05) is 6.54 Å². The maximum absolute atomic E-state index is 5.91. The Labute approximate surface area is 62.4 Å². The van der Waals surface area contributed by atoms with Crippen LogP contribution in [0.3, 0.4) is 0 Å². The van der Waals surface area contributed by atoms with Crippen LogP contribution >= 0.6 is 0 Å². The maximum Gasteiger partial charge on any atom is 0.0256 e. The van der Waals surface area contributed by atoms with E-state index in [1.54, 1.807) is 0 Å². The molecule has 2 bridgehead atoms. The summed E-state index contributed by atoms with van der Waals surface area (Å²) in [5, 5.41) is 0. The Kier molecular flexibility index (Phi) is 1.29. The van der Waals surface area contributed by atoms with E-state index in [2.05, 4.69) is 18.7 Å². The fourth-order valence-electron chi connectivity index (χ4n) is 2.30. The zero-order valence-corrected chi connectivity index (χ0v) is 6.75. The minimum Gasteiger partial charge on any atom is -0.326 e. The highest BCUT2D eigenvalue weighted by Crippen LogP contribution is 2.40. The topological polar surface area (TPSA) is 29.3 Å². The molecule has 0 amide bonds. The molecule has 2 saturated heterocycles. The predicted octanol–water partition coefficient (Wildman–Crippen LogP) is 0.426. The smallest absolute Gasteiger partial charge is 0.0256 e. The monoisotopic (exact) mass is 140 g/mol. The summed E-state index contributed by atoms with van der Waals surface area (Å²) in [6.07, 6.45) is 1.36. The fourth-order valence-corrected chi connectivity index (χ4v) is 2.30. The highest BCUT2D eigenvalue weighted by atomic mass is 15.3. The van der Waals surface area contributed by atoms with Gasteiger partial charge < -0.3 is 5.73 Å². The summed E-state index contributed by atoms with van der Waals surface area (Å²) in [7, 11) is 0. The van der Waals surface area contributed by atoms with E-state index < -0.39 is 0 Å². The van der Waals surface area contributed by atoms with E-state index in [0.29, 0.717) is 12.1 Å². The number of fused-ring (bicyclic) bond motifs is 1. The van der Waals surface area contributed by atoms with Gasteiger partial charge in [-0.3, -0.25) is 4.90 Å². The van der Waals surface area contributed by atoms with Gasteiger partial charge in [0, 0.05) is 24.7 Å². The predicted molar refractivity (Wildman–Crippen MR) is 41.7 cm³/mol. The number of rotatable bonds is 1. The van der Waals surface area contributed by atoms with Crippen LogP contribution in [-0.2, 0) is 0 Å². The Bertz CT molecular complexity index is 144. The standard InChI is InChI=1S/C8H16N2/c1-5(2)10-4-6-3-7(10)8(6)9/h5-8H,3-4,9H2,1-2H3. The van der Waals surface area contributed by atoms with Gasteiger partial charge in [0.05, 0.1) is 0 Å². The molecule has 3 rings (SSSR count). The van der Waals surface area contributed by atoms with Gasteiger partial charge in [-0.2, -0.15) is 0 Å². The summed E-state index contributed by atoms with van der Waals surface area (Å²) in [6.45, 7) is 5.77. The van der Waals surface area contributed by atoms with Gasteiger partial charge in [0.2, 0.25) is 0 Å². The van der Waals surface area contributed by atoms with Gasteiger partial charge in [-0.15, -0.1) is 0 Å². The molecule has 1 saturated carbocycles. The van der Waals surface area contributed by atoms with Crippen LogP contribution in [-0.4, -0.2) is 29.6 Å². The molecule has 2 heteroatoms. The zero-order valence-electron chi connectivity index (χ0n) is 6.75. The molecule has 2 nitrogen and oxygen atoms in total. The summed E-state index contributed by atoms with van der Waals surface area (Å²) < 4.78 is 0. The molecule has 3 aliphatic rings. The SMILES string of the molecule is CC(C)N1CC2CC1C2N. The Morgan fingerprint density at radius 3 is 2.40 bits per heavy atom. The molecule has 0 aromatic heterocycles. The zero-order chi connectivity index (χ0) is 7.30. The Balaban J connectivity index is 2.04. The Morgan fingerprint density at radius 1 is 1.50 bits per heavy atom. The normalized spacial score (nSPS) is 46.2. The van der Waals surface area contributed by atoms with Crippen molar-refractivity contribution in [1.29, 1.82) is 0 Å². The van der Waals surface area contributed by atoms with Crippen LogP contribution in [0.2, 0.25) is 0 Å². The van der Waals surface area contributed by atoms with Gasteiger partial charge in [0.1, 0.15) is 0 Å². The van der Waals surface area contributed by atoms with Crippen LogP contribution in [0.1, 0.15) is 20.3 Å². The van der Waals surface area contributed by atoms with Crippen molar-refractivity contribution < 1.29 is 0 Å². The summed E-state index contributed by atoms with van der Waals surface area (Å²) in [5.74, 6) is 0.826. The lowest BCUT2D eigenvalue weighted by molar-refractivity contribution is 0.182. The van der Waals surface area contributed by atoms with Crippen LogP contribution in [0.4, 0.5) is 0 Å². The van der Waals surface area contributed by atoms with Crippen molar-refractivity contribution >= 4 is 0 Å². The van der Waals surface area contributed by atoms with E-state index >= 15 is 0 Å². The lowest BCUT2D eigenvalue weighted by Gasteiger charge is -2.35. The molecule has 2 aliphatic heterocycles. The molecule has 0 spiro atoms. The van der Waals surface area contributed by atoms with Crippen LogP contribution in [0.15, 0.2) is 0 Å². The van der Waals surface area contributed by atoms with E-state index in [1.807, 2.05) is 0 Å². The van der Waals surface area contributed by atoms with Gasteiger partial charge in [-0.1, -0.05) is 0 Å². The fraction of sp³-hybridized carbons (Fsp3) is 1.00. The summed E-state index contributed by atoms with van der Waals surface area (Å²) in [5.41, 5.74) is 5.91. The van der Waals surface area contributed by atoms with Gasteiger partial charge in [0.15, 0.2) is 0 Å². The third-order valence-electron chi connectivity index (χ3n) is 3.07. The number of hydrogen-bond donors (Lipinski definition) is 1. The minimum atomic E-state index is 0.502. The number of nitrogens with two attached hydrogens (primary N) is 1. The largest absolute Gasteiger partial charge is 0.326 e. The third-order valence-corrected chi connectivity index (χ3v) is 3.07. The summed E-state index contributed by atoms with van der Waals surface area (Å²) in [6, 6.07) is 1.93. The van der Waals surface area contributed by atoms with Crippen molar-refractivity contribution in [2.45, 2.75) is 38.4 Å². The van der Waals surface area contributed by atoms with Crippen LogP contribution in [0, 0.1) is 5.92 Å². The van der Waals surface area contributed by atoms with Crippen molar-refractivity contribution in [3.05, 3.63) is 0 Å². The Morgan fingerprint density at radius 2 is 2.20 bits per heavy atom. The van der Waals surface area contributed by atoms with Crippen molar-refractivity contribution in [3.8, 4) is 0 Å². The molecular formula is C8H16N2. The minimum absolute atomic E-state index is 0.502. The molecule has 2 N–H and O–H groups in total. The van der Waals surface area contributed by atoms with Crippen LogP contribution < -0.4 is 5.73 Å². The van der Waals surface area contributed by atoms with Gasteiger partial charge in [-0.25, -0.2) is 0 Å². The first-order chi connectivity index (χ1) is 4.70. The van der Waals surface area contributed by atoms with Crippen LogP contribution in [0.5, 0.6) is 0 Å². The molecule has 3 fully saturated rings. The maximum atomic E-state index is 5.91.